The molecule has 0 amide bonds. The zero-order chi connectivity index (χ0) is 13.1. The largest absolute Gasteiger partial charge is 0.327 e. The Bertz CT molecular complexity index is 269. The van der Waals surface area contributed by atoms with Gasteiger partial charge in [0.2, 0.25) is 0 Å². The van der Waals surface area contributed by atoms with Gasteiger partial charge in [0.15, 0.2) is 0 Å². The molecule has 0 bridgehead atoms. The third-order valence-corrected chi connectivity index (χ3v) is 6.52. The number of fused-ring (bicyclic) bond motifs is 1. The van der Waals surface area contributed by atoms with Crippen LogP contribution in [0, 0.1) is 23.7 Å². The lowest BCUT2D eigenvalue weighted by molar-refractivity contribution is 0.109. The van der Waals surface area contributed by atoms with Gasteiger partial charge in [0.05, 0.1) is 0 Å². The van der Waals surface area contributed by atoms with E-state index >= 15 is 0 Å². The summed E-state index contributed by atoms with van der Waals surface area (Å²) in [6.07, 6.45) is 19.1. The van der Waals surface area contributed by atoms with Crippen LogP contribution in [-0.4, -0.2) is 6.04 Å². The Hall–Kier alpha value is -0.0400. The summed E-state index contributed by atoms with van der Waals surface area (Å²) in [5, 5.41) is 0. The van der Waals surface area contributed by atoms with Gasteiger partial charge in [-0.3, -0.25) is 0 Å². The second-order valence-electron chi connectivity index (χ2n) is 7.78. The average molecular weight is 263 g/mol. The van der Waals surface area contributed by atoms with Crippen LogP contribution >= 0.6 is 0 Å². The predicted octanol–water partition coefficient (Wildman–Crippen LogP) is 4.89. The highest BCUT2D eigenvalue weighted by Crippen LogP contribution is 2.44. The first-order valence-corrected chi connectivity index (χ1v) is 9.08. The Morgan fingerprint density at radius 2 is 1.42 bits per heavy atom. The summed E-state index contributed by atoms with van der Waals surface area (Å²) in [5.41, 5.74) is 6.60. The molecule has 0 spiro atoms. The summed E-state index contributed by atoms with van der Waals surface area (Å²) in [6.45, 7) is 0. The van der Waals surface area contributed by atoms with Crippen molar-refractivity contribution in [2.24, 2.45) is 29.4 Å². The molecule has 1 heteroatoms. The molecule has 2 N–H and O–H groups in total. The van der Waals surface area contributed by atoms with Crippen LogP contribution in [0.5, 0.6) is 0 Å². The molecule has 0 heterocycles. The van der Waals surface area contributed by atoms with Crippen molar-refractivity contribution in [3.63, 3.8) is 0 Å². The monoisotopic (exact) mass is 263 g/mol. The molecular formula is C18H33N. The minimum atomic E-state index is 0.519. The fourth-order valence-corrected chi connectivity index (χ4v) is 5.30. The van der Waals surface area contributed by atoms with E-state index in [2.05, 4.69) is 0 Å². The molecule has 3 fully saturated rings. The van der Waals surface area contributed by atoms with Crippen LogP contribution in [0.3, 0.4) is 0 Å². The molecule has 4 unspecified atom stereocenters. The summed E-state index contributed by atoms with van der Waals surface area (Å²) >= 11 is 0. The molecule has 0 aromatic heterocycles. The first-order valence-electron chi connectivity index (χ1n) is 9.08. The minimum absolute atomic E-state index is 0.519. The van der Waals surface area contributed by atoms with Gasteiger partial charge >= 0.3 is 0 Å². The summed E-state index contributed by atoms with van der Waals surface area (Å²) < 4.78 is 0. The van der Waals surface area contributed by atoms with E-state index in [1.165, 1.54) is 83.5 Å². The number of hydrogen-bond acceptors (Lipinski definition) is 1. The van der Waals surface area contributed by atoms with E-state index in [0.29, 0.717) is 6.04 Å². The van der Waals surface area contributed by atoms with Gasteiger partial charge in [-0.05, 0) is 49.4 Å². The molecule has 0 aliphatic heterocycles. The maximum Gasteiger partial charge on any atom is 0.00699 e. The molecular weight excluding hydrogens is 230 g/mol. The van der Waals surface area contributed by atoms with Crippen molar-refractivity contribution >= 4 is 0 Å². The summed E-state index contributed by atoms with van der Waals surface area (Å²) in [6, 6.07) is 0.519. The first-order chi connectivity index (χ1) is 9.33. The second-order valence-corrected chi connectivity index (χ2v) is 7.78. The fourth-order valence-electron chi connectivity index (χ4n) is 5.30. The van der Waals surface area contributed by atoms with Gasteiger partial charge in [-0.2, -0.15) is 0 Å². The van der Waals surface area contributed by atoms with Crippen LogP contribution in [0.1, 0.15) is 83.5 Å². The van der Waals surface area contributed by atoms with Crippen LogP contribution in [0.25, 0.3) is 0 Å². The van der Waals surface area contributed by atoms with E-state index < -0.39 is 0 Å². The highest BCUT2D eigenvalue weighted by Gasteiger charge is 2.34. The van der Waals surface area contributed by atoms with Crippen LogP contribution in [0.4, 0.5) is 0 Å². The minimum Gasteiger partial charge on any atom is -0.327 e. The SMILES string of the molecule is NC(CC1CCCCC1)C1CCC2CCCCC2C1. The Kier molecular flexibility index (Phi) is 4.84. The molecule has 3 aliphatic rings. The topological polar surface area (TPSA) is 26.0 Å². The number of nitrogens with two attached hydrogens (primary N) is 1. The smallest absolute Gasteiger partial charge is 0.00699 e. The Morgan fingerprint density at radius 3 is 2.21 bits per heavy atom. The summed E-state index contributed by atoms with van der Waals surface area (Å²) in [4.78, 5) is 0. The maximum absolute atomic E-state index is 6.60. The van der Waals surface area contributed by atoms with Crippen LogP contribution in [-0.2, 0) is 0 Å². The lowest BCUT2D eigenvalue weighted by Gasteiger charge is -2.42. The molecule has 3 rings (SSSR count). The Morgan fingerprint density at radius 1 is 0.737 bits per heavy atom. The van der Waals surface area contributed by atoms with E-state index in [9.17, 15) is 0 Å². The summed E-state index contributed by atoms with van der Waals surface area (Å²) in [5.74, 6) is 3.95. The lowest BCUT2D eigenvalue weighted by Crippen LogP contribution is -2.39. The zero-order valence-electron chi connectivity index (χ0n) is 12.7. The van der Waals surface area contributed by atoms with Gasteiger partial charge in [-0.25, -0.2) is 0 Å². The van der Waals surface area contributed by atoms with E-state index in [0.717, 1.165) is 23.7 Å². The number of rotatable bonds is 3. The van der Waals surface area contributed by atoms with Crippen molar-refractivity contribution in [1.29, 1.82) is 0 Å². The van der Waals surface area contributed by atoms with Gasteiger partial charge in [0, 0.05) is 6.04 Å². The first kappa shape index (κ1) is 13.9. The standard InChI is InChI=1S/C18H33N/c19-18(12-14-6-2-1-3-7-14)17-11-10-15-8-4-5-9-16(15)13-17/h14-18H,1-13,19H2. The molecule has 0 aromatic carbocycles. The Labute approximate surface area is 119 Å². The van der Waals surface area contributed by atoms with Gasteiger partial charge in [0.25, 0.3) is 0 Å². The van der Waals surface area contributed by atoms with Crippen LogP contribution in [0.2, 0.25) is 0 Å². The van der Waals surface area contributed by atoms with Crippen molar-refractivity contribution in [2.75, 3.05) is 0 Å². The molecule has 0 saturated heterocycles. The van der Waals surface area contributed by atoms with Crippen molar-refractivity contribution in [1.82, 2.24) is 0 Å². The van der Waals surface area contributed by atoms with E-state index in [1.54, 1.807) is 0 Å². The lowest BCUT2D eigenvalue weighted by atomic mass is 9.65. The van der Waals surface area contributed by atoms with E-state index in [4.69, 9.17) is 5.73 Å². The van der Waals surface area contributed by atoms with E-state index in [1.807, 2.05) is 0 Å². The molecule has 110 valence electrons. The maximum atomic E-state index is 6.60. The van der Waals surface area contributed by atoms with Crippen molar-refractivity contribution in [3.8, 4) is 0 Å². The quantitative estimate of drug-likeness (QED) is 0.770. The molecule has 0 radical (unpaired) electrons. The fraction of sp³-hybridized carbons (Fsp3) is 1.00. The highest BCUT2D eigenvalue weighted by atomic mass is 14.7. The number of hydrogen-bond donors (Lipinski definition) is 1. The highest BCUT2D eigenvalue weighted by molar-refractivity contribution is 4.88. The molecule has 3 aliphatic carbocycles. The average Bonchev–Trinajstić information content (AvgIpc) is 2.48. The van der Waals surface area contributed by atoms with Crippen LogP contribution < -0.4 is 5.73 Å². The predicted molar refractivity (Wildman–Crippen MR) is 82.0 cm³/mol. The Balaban J connectivity index is 1.48. The van der Waals surface area contributed by atoms with Gasteiger partial charge in [0.1, 0.15) is 0 Å². The van der Waals surface area contributed by atoms with Crippen LogP contribution in [0.15, 0.2) is 0 Å². The molecule has 19 heavy (non-hydrogen) atoms. The van der Waals surface area contributed by atoms with Crippen molar-refractivity contribution < 1.29 is 0 Å². The van der Waals surface area contributed by atoms with Gasteiger partial charge in [-0.15, -0.1) is 0 Å². The summed E-state index contributed by atoms with van der Waals surface area (Å²) in [7, 11) is 0. The second kappa shape index (κ2) is 6.61. The van der Waals surface area contributed by atoms with Gasteiger partial charge in [-0.1, -0.05) is 57.8 Å². The van der Waals surface area contributed by atoms with Crippen molar-refractivity contribution in [3.05, 3.63) is 0 Å². The molecule has 0 aromatic rings. The van der Waals surface area contributed by atoms with Crippen molar-refractivity contribution in [2.45, 2.75) is 89.5 Å². The zero-order valence-corrected chi connectivity index (χ0v) is 12.7. The molecule has 3 saturated carbocycles. The van der Waals surface area contributed by atoms with Gasteiger partial charge < -0.3 is 5.73 Å². The third kappa shape index (κ3) is 3.54. The van der Waals surface area contributed by atoms with E-state index in [-0.39, 0.29) is 0 Å². The normalized spacial score (nSPS) is 38.7. The third-order valence-electron chi connectivity index (χ3n) is 6.52. The molecule has 4 atom stereocenters. The molecule has 1 nitrogen and oxygen atoms in total.